The minimum absolute atomic E-state index is 0.206. The van der Waals surface area contributed by atoms with Gasteiger partial charge in [0.15, 0.2) is 5.78 Å². The number of nitrogens with zero attached hydrogens (tertiary/aromatic N) is 3. The molecule has 6 heteroatoms. The molecule has 0 aliphatic heterocycles. The van der Waals surface area contributed by atoms with Crippen LogP contribution >= 0.6 is 0 Å². The van der Waals surface area contributed by atoms with Crippen LogP contribution in [0.1, 0.15) is 72.6 Å². The lowest BCUT2D eigenvalue weighted by atomic mass is 9.41. The molecule has 8 rings (SSSR count). The maximum absolute atomic E-state index is 13.3. The Bertz CT molecular complexity index is 1670. The summed E-state index contributed by atoms with van der Waals surface area (Å²) in [5.41, 5.74) is 5.39. The van der Waals surface area contributed by atoms with Crippen molar-refractivity contribution >= 4 is 28.4 Å². The van der Waals surface area contributed by atoms with E-state index in [1.807, 2.05) is 54.1 Å². The van der Waals surface area contributed by atoms with Crippen LogP contribution in [0.2, 0.25) is 0 Å². The summed E-state index contributed by atoms with van der Waals surface area (Å²) in [7, 11) is 1.97. The topological polar surface area (TPSA) is 76.9 Å². The van der Waals surface area contributed by atoms with Gasteiger partial charge >= 0.3 is 0 Å². The predicted octanol–water partition coefficient (Wildman–Crippen LogP) is 7.87. The Morgan fingerprint density at radius 1 is 1.05 bits per heavy atom. The number of rotatable bonds is 8. The molecule has 1 amide bonds. The number of amides is 1. The van der Waals surface area contributed by atoms with E-state index in [0.29, 0.717) is 34.4 Å². The smallest absolute Gasteiger partial charge is 0.255 e. The van der Waals surface area contributed by atoms with Gasteiger partial charge in [0.1, 0.15) is 5.82 Å². The lowest BCUT2D eigenvalue weighted by molar-refractivity contribution is -0.119. The van der Waals surface area contributed by atoms with Gasteiger partial charge in [0.2, 0.25) is 0 Å². The number of fused-ring (bicyclic) bond motifs is 1. The van der Waals surface area contributed by atoms with Gasteiger partial charge in [-0.25, -0.2) is 4.98 Å². The number of anilines is 1. The predicted molar refractivity (Wildman–Crippen MR) is 166 cm³/mol. The Hall–Kier alpha value is -4.06. The molecule has 4 aliphatic carbocycles. The third-order valence-corrected chi connectivity index (χ3v) is 10.5. The number of aromatic nitrogens is 3. The third-order valence-electron chi connectivity index (χ3n) is 10.5. The van der Waals surface area contributed by atoms with E-state index in [-0.39, 0.29) is 11.7 Å². The number of allylic oxidation sites excluding steroid dienone is 1. The first-order valence-electron chi connectivity index (χ1n) is 15.2. The number of benzene rings is 2. The molecule has 4 bridgehead atoms. The average molecular weight is 559 g/mol. The summed E-state index contributed by atoms with van der Waals surface area (Å²) in [4.78, 5) is 34.9. The van der Waals surface area contributed by atoms with Gasteiger partial charge in [-0.05, 0) is 97.4 Å². The van der Waals surface area contributed by atoms with Crippen LogP contribution in [0, 0.1) is 28.6 Å². The number of carbonyl (C=O) groups is 2. The fourth-order valence-electron chi connectivity index (χ4n) is 8.95. The van der Waals surface area contributed by atoms with Crippen molar-refractivity contribution in [1.82, 2.24) is 14.5 Å². The Labute approximate surface area is 247 Å². The maximum Gasteiger partial charge on any atom is 0.255 e. The highest BCUT2D eigenvalue weighted by atomic mass is 16.1. The number of aryl methyl sites for hydroxylation is 1. The molecule has 4 unspecified atom stereocenters. The minimum Gasteiger partial charge on any atom is -0.327 e. The largest absolute Gasteiger partial charge is 0.327 e. The van der Waals surface area contributed by atoms with Crippen LogP contribution in [0.5, 0.6) is 0 Å². The van der Waals surface area contributed by atoms with Gasteiger partial charge in [0.25, 0.3) is 5.91 Å². The Morgan fingerprint density at radius 2 is 1.79 bits per heavy atom. The molecule has 4 aromatic rings. The molecule has 0 saturated heterocycles. The van der Waals surface area contributed by atoms with Crippen LogP contribution in [0.4, 0.5) is 5.69 Å². The van der Waals surface area contributed by atoms with Crippen molar-refractivity contribution in [2.45, 2.75) is 51.9 Å². The number of nitrogens with one attached hydrogen (secondary N) is 1. The van der Waals surface area contributed by atoms with E-state index in [0.717, 1.165) is 46.2 Å². The molecule has 0 spiro atoms. The fraction of sp³-hybridized carbons (Fsp3) is 0.389. The SMILES string of the molecule is C=CC12CC3CC(C)(C[C@H](C1)C3CCC(=O)c1ccc(-c3nc4cc(C(=O)Nc5cccnc5)ccc4n3C)cc1)C2. The molecule has 6 nitrogen and oxygen atoms in total. The van der Waals surface area contributed by atoms with Gasteiger partial charge in [0.05, 0.1) is 22.9 Å². The van der Waals surface area contributed by atoms with E-state index >= 15 is 0 Å². The third kappa shape index (κ3) is 4.67. The van der Waals surface area contributed by atoms with Crippen molar-refractivity contribution in [3.05, 3.63) is 90.8 Å². The molecule has 4 saturated carbocycles. The Kier molecular flexibility index (Phi) is 6.41. The molecule has 2 aromatic carbocycles. The Balaban J connectivity index is 1.03. The first-order chi connectivity index (χ1) is 20.2. The quantitative estimate of drug-likeness (QED) is 0.176. The second kappa shape index (κ2) is 10.0. The normalized spacial score (nSPS) is 27.7. The fourth-order valence-corrected chi connectivity index (χ4v) is 8.95. The molecular weight excluding hydrogens is 520 g/mol. The van der Waals surface area contributed by atoms with Crippen LogP contribution in [-0.2, 0) is 7.05 Å². The van der Waals surface area contributed by atoms with Gasteiger partial charge in [0, 0.05) is 36.4 Å². The highest BCUT2D eigenvalue weighted by molar-refractivity contribution is 6.06. The van der Waals surface area contributed by atoms with Gasteiger partial charge in [-0.3, -0.25) is 14.6 Å². The van der Waals surface area contributed by atoms with E-state index < -0.39 is 0 Å². The van der Waals surface area contributed by atoms with Crippen LogP contribution in [0.25, 0.3) is 22.4 Å². The molecule has 2 aromatic heterocycles. The first kappa shape index (κ1) is 26.8. The molecule has 4 aliphatic rings. The van der Waals surface area contributed by atoms with Crippen molar-refractivity contribution in [3.63, 3.8) is 0 Å². The van der Waals surface area contributed by atoms with Gasteiger partial charge in [-0.2, -0.15) is 0 Å². The number of carbonyl (C=O) groups excluding carboxylic acids is 2. The van der Waals surface area contributed by atoms with Crippen LogP contribution in [0.3, 0.4) is 0 Å². The van der Waals surface area contributed by atoms with Crippen molar-refractivity contribution in [2.75, 3.05) is 5.32 Å². The highest BCUT2D eigenvalue weighted by Gasteiger charge is 2.58. The summed E-state index contributed by atoms with van der Waals surface area (Å²) in [5, 5.41) is 2.87. The first-order valence-corrected chi connectivity index (χ1v) is 15.2. The summed E-state index contributed by atoms with van der Waals surface area (Å²) < 4.78 is 2.03. The monoisotopic (exact) mass is 558 g/mol. The standard InChI is InChI=1S/C36H38N4O2/c1-4-36-19-26-17-35(2,22-36)18-27(20-36)29(26)12-14-32(41)23-7-9-24(10-8-23)33-39-30-16-25(11-13-31(30)40(33)3)34(42)38-28-6-5-15-37-21-28/h4-11,13,15-16,21,26-27,29H,1,12,14,17-20,22H2,2-3H3,(H,38,42)/t26-,27?,29?,35?,36?/m1/s1. The zero-order chi connectivity index (χ0) is 29.1. The molecule has 0 radical (unpaired) electrons. The van der Waals surface area contributed by atoms with Crippen LogP contribution < -0.4 is 5.32 Å². The number of imidazole rings is 1. The second-order valence-electron chi connectivity index (χ2n) is 13.5. The number of ketones is 1. The average Bonchev–Trinajstić information content (AvgIpc) is 3.32. The summed E-state index contributed by atoms with van der Waals surface area (Å²) in [5.74, 6) is 2.98. The van der Waals surface area contributed by atoms with Crippen molar-refractivity contribution < 1.29 is 9.59 Å². The molecular formula is C36H38N4O2. The zero-order valence-corrected chi connectivity index (χ0v) is 24.5. The summed E-state index contributed by atoms with van der Waals surface area (Å²) >= 11 is 0. The Morgan fingerprint density at radius 3 is 2.48 bits per heavy atom. The molecule has 214 valence electrons. The number of pyridine rings is 1. The maximum atomic E-state index is 13.3. The van der Waals surface area contributed by atoms with E-state index in [1.165, 1.54) is 32.1 Å². The van der Waals surface area contributed by atoms with E-state index in [9.17, 15) is 9.59 Å². The van der Waals surface area contributed by atoms with E-state index in [2.05, 4.69) is 29.9 Å². The van der Waals surface area contributed by atoms with Crippen molar-refractivity contribution in [1.29, 1.82) is 0 Å². The van der Waals surface area contributed by atoms with Gasteiger partial charge < -0.3 is 9.88 Å². The zero-order valence-electron chi connectivity index (χ0n) is 24.5. The molecule has 5 atom stereocenters. The van der Waals surface area contributed by atoms with E-state index in [1.54, 1.807) is 24.5 Å². The lowest BCUT2D eigenvalue weighted by Crippen LogP contribution is -2.54. The van der Waals surface area contributed by atoms with Gasteiger partial charge in [-0.1, -0.05) is 37.3 Å². The number of Topliss-reactive ketones (excluding diaryl/α,β-unsaturated/α-hetero) is 1. The van der Waals surface area contributed by atoms with Gasteiger partial charge in [-0.15, -0.1) is 6.58 Å². The summed E-state index contributed by atoms with van der Waals surface area (Å²) in [6.45, 7) is 6.70. The molecule has 1 N–H and O–H groups in total. The summed E-state index contributed by atoms with van der Waals surface area (Å²) in [6.07, 6.45) is 13.6. The van der Waals surface area contributed by atoms with E-state index in [4.69, 9.17) is 4.98 Å². The highest BCUT2D eigenvalue weighted by Crippen LogP contribution is 2.67. The van der Waals surface area contributed by atoms with Crippen molar-refractivity contribution in [3.8, 4) is 11.4 Å². The number of hydrogen-bond acceptors (Lipinski definition) is 4. The van der Waals surface area contributed by atoms with Crippen molar-refractivity contribution in [2.24, 2.45) is 35.6 Å². The minimum atomic E-state index is -0.206. The number of hydrogen-bond donors (Lipinski definition) is 1. The molecule has 2 heterocycles. The van der Waals surface area contributed by atoms with Crippen LogP contribution in [-0.4, -0.2) is 26.2 Å². The summed E-state index contributed by atoms with van der Waals surface area (Å²) in [6, 6.07) is 17.0. The second-order valence-corrected chi connectivity index (χ2v) is 13.5. The van der Waals surface area contributed by atoms with Crippen LogP contribution in [0.15, 0.2) is 79.6 Å². The molecule has 42 heavy (non-hydrogen) atoms. The molecule has 4 fully saturated rings. The lowest BCUT2D eigenvalue weighted by Gasteiger charge is -2.63.